The van der Waals surface area contributed by atoms with Crippen LogP contribution in [0.25, 0.3) is 10.9 Å². The van der Waals surface area contributed by atoms with Gasteiger partial charge in [0.2, 0.25) is 0 Å². The Hall–Kier alpha value is -0.400. The average molecular weight is 326 g/mol. The minimum Gasteiger partial charge on any atom is -0.390 e. The molecule has 2 N–H and O–H groups in total. The van der Waals surface area contributed by atoms with E-state index in [1.807, 2.05) is 22.6 Å². The maximum Gasteiger partial charge on any atom is 0.184 e. The monoisotopic (exact) mass is 326 g/mol. The Kier molecular flexibility index (Phi) is 2.63. The molecular weight excluding hydrogens is 321 g/mol. The molecular formula is C8H5ClFIN2O. The number of H-pyrrole nitrogens is 1. The molecule has 2 rings (SSSR count). The topological polar surface area (TPSA) is 48.9 Å². The van der Waals surface area contributed by atoms with Crippen LogP contribution in [-0.4, -0.2) is 15.1 Å². The second kappa shape index (κ2) is 3.63. The number of nitrogens with zero attached hydrogens (tertiary/aromatic N) is 1. The Morgan fingerprint density at radius 2 is 2.36 bits per heavy atom. The van der Waals surface area contributed by atoms with Crippen LogP contribution in [0, 0.1) is 9.39 Å². The van der Waals surface area contributed by atoms with Gasteiger partial charge in [-0.15, -0.1) is 0 Å². The van der Waals surface area contributed by atoms with Gasteiger partial charge in [-0.1, -0.05) is 11.6 Å². The van der Waals surface area contributed by atoms with Crippen LogP contribution in [-0.2, 0) is 6.61 Å². The summed E-state index contributed by atoms with van der Waals surface area (Å²) < 4.78 is 14.2. The van der Waals surface area contributed by atoms with E-state index < -0.39 is 5.82 Å². The fourth-order valence-corrected chi connectivity index (χ4v) is 2.09. The SMILES string of the molecule is OCc1[nH]c2c(F)c(Cl)ncc2c1I. The zero-order valence-corrected chi connectivity index (χ0v) is 9.73. The highest BCUT2D eigenvalue weighted by Crippen LogP contribution is 2.27. The van der Waals surface area contributed by atoms with Gasteiger partial charge in [-0.2, -0.15) is 0 Å². The van der Waals surface area contributed by atoms with E-state index in [9.17, 15) is 4.39 Å². The summed E-state index contributed by atoms with van der Waals surface area (Å²) in [5.74, 6) is -0.582. The average Bonchev–Trinajstić information content (AvgIpc) is 2.50. The number of hydrogen-bond acceptors (Lipinski definition) is 2. The fraction of sp³-hybridized carbons (Fsp3) is 0.125. The van der Waals surface area contributed by atoms with Gasteiger partial charge in [0.25, 0.3) is 0 Å². The van der Waals surface area contributed by atoms with Gasteiger partial charge >= 0.3 is 0 Å². The maximum atomic E-state index is 13.4. The molecule has 0 saturated carbocycles. The predicted octanol–water partition coefficient (Wildman–Crippen LogP) is 2.45. The highest BCUT2D eigenvalue weighted by Gasteiger charge is 2.14. The van der Waals surface area contributed by atoms with Gasteiger partial charge in [0.1, 0.15) is 0 Å². The smallest absolute Gasteiger partial charge is 0.184 e. The Labute approximate surface area is 97.4 Å². The third kappa shape index (κ3) is 1.39. The van der Waals surface area contributed by atoms with Crippen molar-refractivity contribution in [2.24, 2.45) is 0 Å². The van der Waals surface area contributed by atoms with E-state index in [0.717, 1.165) is 3.57 Å². The molecule has 0 unspecified atom stereocenters. The zero-order valence-electron chi connectivity index (χ0n) is 6.81. The lowest BCUT2D eigenvalue weighted by molar-refractivity contribution is 0.277. The molecule has 2 aromatic rings. The minimum atomic E-state index is -0.582. The lowest BCUT2D eigenvalue weighted by Gasteiger charge is -1.93. The van der Waals surface area contributed by atoms with Crippen molar-refractivity contribution in [3.63, 3.8) is 0 Å². The molecule has 0 aliphatic heterocycles. The number of halogens is 3. The van der Waals surface area contributed by atoms with Crippen molar-refractivity contribution < 1.29 is 9.50 Å². The Balaban J connectivity index is 2.85. The van der Waals surface area contributed by atoms with E-state index in [2.05, 4.69) is 9.97 Å². The van der Waals surface area contributed by atoms with E-state index >= 15 is 0 Å². The van der Waals surface area contributed by atoms with Crippen LogP contribution in [0.1, 0.15) is 5.69 Å². The molecule has 0 saturated heterocycles. The number of hydrogen-bond donors (Lipinski definition) is 2. The van der Waals surface area contributed by atoms with E-state index in [-0.39, 0.29) is 11.8 Å². The molecule has 0 spiro atoms. The number of aliphatic hydroxyl groups is 1. The van der Waals surface area contributed by atoms with Crippen molar-refractivity contribution in [1.29, 1.82) is 0 Å². The lowest BCUT2D eigenvalue weighted by atomic mass is 10.3. The van der Waals surface area contributed by atoms with Gasteiger partial charge < -0.3 is 10.1 Å². The Morgan fingerprint density at radius 3 is 3.00 bits per heavy atom. The van der Waals surface area contributed by atoms with Crippen molar-refractivity contribution in [1.82, 2.24) is 9.97 Å². The Morgan fingerprint density at radius 1 is 1.64 bits per heavy atom. The molecule has 0 aliphatic rings. The molecule has 0 radical (unpaired) electrons. The number of fused-ring (bicyclic) bond motifs is 1. The van der Waals surface area contributed by atoms with Crippen LogP contribution < -0.4 is 0 Å². The summed E-state index contributed by atoms with van der Waals surface area (Å²) in [5.41, 5.74) is 0.863. The highest BCUT2D eigenvalue weighted by molar-refractivity contribution is 14.1. The van der Waals surface area contributed by atoms with Crippen LogP contribution in [0.3, 0.4) is 0 Å². The maximum absolute atomic E-state index is 13.4. The van der Waals surface area contributed by atoms with E-state index in [1.54, 1.807) is 0 Å². The van der Waals surface area contributed by atoms with Gasteiger partial charge in [0.05, 0.1) is 17.8 Å². The number of pyridine rings is 1. The van der Waals surface area contributed by atoms with Crippen molar-refractivity contribution >= 4 is 45.1 Å². The third-order valence-corrected chi connectivity index (χ3v) is 3.41. The predicted molar refractivity (Wildman–Crippen MR) is 59.7 cm³/mol. The molecule has 0 amide bonds. The van der Waals surface area contributed by atoms with Gasteiger partial charge in [-0.3, -0.25) is 0 Å². The van der Waals surface area contributed by atoms with Crippen molar-refractivity contribution in [2.45, 2.75) is 6.61 Å². The number of aromatic amines is 1. The summed E-state index contributed by atoms with van der Waals surface area (Å²) in [4.78, 5) is 6.47. The van der Waals surface area contributed by atoms with Crippen LogP contribution in [0.5, 0.6) is 0 Å². The summed E-state index contributed by atoms with van der Waals surface area (Å²) >= 11 is 7.54. The molecule has 2 aromatic heterocycles. The molecule has 6 heteroatoms. The molecule has 74 valence electrons. The summed E-state index contributed by atoms with van der Waals surface area (Å²) in [6, 6.07) is 0. The van der Waals surface area contributed by atoms with Crippen LogP contribution in [0.4, 0.5) is 4.39 Å². The molecule has 3 nitrogen and oxygen atoms in total. The molecule has 14 heavy (non-hydrogen) atoms. The minimum absolute atomic E-state index is 0.163. The molecule has 0 atom stereocenters. The van der Waals surface area contributed by atoms with Crippen LogP contribution in [0.2, 0.25) is 5.15 Å². The standard InChI is InChI=1S/C8H5ClFIN2O/c9-8-5(10)7-3(1-12-8)6(11)4(2-14)13-7/h1,13-14H,2H2. The van der Waals surface area contributed by atoms with Gasteiger partial charge in [0.15, 0.2) is 11.0 Å². The van der Waals surface area contributed by atoms with E-state index in [4.69, 9.17) is 16.7 Å². The second-order valence-corrected chi connectivity index (χ2v) is 4.16. The van der Waals surface area contributed by atoms with E-state index in [1.165, 1.54) is 6.20 Å². The molecule has 0 fully saturated rings. The third-order valence-electron chi connectivity index (χ3n) is 1.91. The highest BCUT2D eigenvalue weighted by atomic mass is 127. The molecule has 0 bridgehead atoms. The summed E-state index contributed by atoms with van der Waals surface area (Å²) in [5, 5.41) is 9.44. The van der Waals surface area contributed by atoms with Crippen LogP contribution in [0.15, 0.2) is 6.20 Å². The molecule has 0 aliphatic carbocycles. The summed E-state index contributed by atoms with van der Waals surface area (Å²) in [6.07, 6.45) is 1.48. The first-order chi connectivity index (χ1) is 6.65. The number of aromatic nitrogens is 2. The molecule has 0 aromatic carbocycles. The van der Waals surface area contributed by atoms with Crippen molar-refractivity contribution in [3.8, 4) is 0 Å². The number of aliphatic hydroxyl groups excluding tert-OH is 1. The van der Waals surface area contributed by atoms with Crippen LogP contribution >= 0.6 is 34.2 Å². The zero-order chi connectivity index (χ0) is 10.3. The van der Waals surface area contributed by atoms with Crippen molar-refractivity contribution in [2.75, 3.05) is 0 Å². The Bertz CT molecular complexity index is 500. The number of rotatable bonds is 1. The fourth-order valence-electron chi connectivity index (χ4n) is 1.23. The largest absolute Gasteiger partial charge is 0.390 e. The number of nitrogens with one attached hydrogen (secondary N) is 1. The second-order valence-electron chi connectivity index (χ2n) is 2.73. The quantitative estimate of drug-likeness (QED) is 0.625. The van der Waals surface area contributed by atoms with Gasteiger partial charge in [-0.05, 0) is 22.6 Å². The first kappa shape index (κ1) is 10.1. The summed E-state index contributed by atoms with van der Waals surface area (Å²) in [7, 11) is 0. The van der Waals surface area contributed by atoms with Gasteiger partial charge in [-0.25, -0.2) is 9.37 Å². The normalized spacial score (nSPS) is 11.1. The molecule has 2 heterocycles. The van der Waals surface area contributed by atoms with Crippen molar-refractivity contribution in [3.05, 3.63) is 26.4 Å². The summed E-state index contributed by atoms with van der Waals surface area (Å²) in [6.45, 7) is -0.163. The van der Waals surface area contributed by atoms with Gasteiger partial charge in [0, 0.05) is 15.2 Å². The van der Waals surface area contributed by atoms with E-state index in [0.29, 0.717) is 16.6 Å². The lowest BCUT2D eigenvalue weighted by Crippen LogP contribution is -1.84. The first-order valence-electron chi connectivity index (χ1n) is 3.76. The first-order valence-corrected chi connectivity index (χ1v) is 5.21.